The van der Waals surface area contributed by atoms with Crippen LogP contribution in [0.1, 0.15) is 11.7 Å². The molecular formula is C8H10N4O. The van der Waals surface area contributed by atoms with E-state index >= 15 is 0 Å². The number of aromatic nitrogens is 2. The minimum Gasteiger partial charge on any atom is -0.315 e. The number of rotatable bonds is 2. The maximum absolute atomic E-state index is 8.61. The van der Waals surface area contributed by atoms with Gasteiger partial charge in [0.25, 0.3) is 0 Å². The van der Waals surface area contributed by atoms with Gasteiger partial charge < -0.3 is 10.9 Å². The zero-order valence-corrected chi connectivity index (χ0v) is 6.86. The monoisotopic (exact) mass is 178 g/mol. The van der Waals surface area contributed by atoms with E-state index in [1.807, 2.05) is 23.7 Å². The molecule has 1 unspecified atom stereocenters. The Morgan fingerprint density at radius 1 is 1.54 bits per heavy atom. The third-order valence-electron chi connectivity index (χ3n) is 1.96. The first-order valence-electron chi connectivity index (χ1n) is 3.89. The number of nitrogens with two attached hydrogens (primary N) is 1. The molecule has 68 valence electrons. The van der Waals surface area contributed by atoms with Gasteiger partial charge in [0.1, 0.15) is 6.17 Å². The smallest absolute Gasteiger partial charge is 0.104 e. The standard InChI is InChI=1S/C8H10N4O/c9-8(12-13)5-1-2-7-6(3-5)4-10-11-7/h1-4,8,12-13H,9H2,(H,10,11). The average molecular weight is 178 g/mol. The number of nitrogens with one attached hydrogen (secondary N) is 2. The first kappa shape index (κ1) is 8.18. The van der Waals surface area contributed by atoms with Gasteiger partial charge in [-0.1, -0.05) is 6.07 Å². The molecule has 5 nitrogen and oxygen atoms in total. The van der Waals surface area contributed by atoms with Crippen LogP contribution < -0.4 is 11.2 Å². The lowest BCUT2D eigenvalue weighted by molar-refractivity contribution is 0.128. The summed E-state index contributed by atoms with van der Waals surface area (Å²) in [6.45, 7) is 0. The lowest BCUT2D eigenvalue weighted by atomic mass is 10.1. The van der Waals surface area contributed by atoms with Crippen molar-refractivity contribution >= 4 is 10.9 Å². The lowest BCUT2D eigenvalue weighted by Crippen LogP contribution is -2.25. The van der Waals surface area contributed by atoms with Gasteiger partial charge in [-0.05, 0) is 17.7 Å². The average Bonchev–Trinajstić information content (AvgIpc) is 2.63. The Bertz CT molecular complexity index is 411. The molecule has 0 aliphatic carbocycles. The highest BCUT2D eigenvalue weighted by atomic mass is 16.5. The van der Waals surface area contributed by atoms with Crippen LogP contribution in [-0.4, -0.2) is 15.4 Å². The summed E-state index contributed by atoms with van der Waals surface area (Å²) in [6.07, 6.45) is 1.16. The van der Waals surface area contributed by atoms with E-state index in [0.29, 0.717) is 0 Å². The van der Waals surface area contributed by atoms with Gasteiger partial charge in [0.2, 0.25) is 0 Å². The number of H-pyrrole nitrogens is 1. The minimum atomic E-state index is -0.556. The fraction of sp³-hybridized carbons (Fsp3) is 0.125. The first-order valence-corrected chi connectivity index (χ1v) is 3.89. The van der Waals surface area contributed by atoms with Gasteiger partial charge in [-0.2, -0.15) is 10.6 Å². The second kappa shape index (κ2) is 3.14. The van der Waals surface area contributed by atoms with Crippen molar-refractivity contribution < 1.29 is 5.21 Å². The lowest BCUT2D eigenvalue weighted by Gasteiger charge is -2.08. The Morgan fingerprint density at radius 2 is 2.38 bits per heavy atom. The summed E-state index contributed by atoms with van der Waals surface area (Å²) in [6, 6.07) is 5.57. The third kappa shape index (κ3) is 1.40. The molecule has 5 heteroatoms. The zero-order chi connectivity index (χ0) is 9.26. The highest BCUT2D eigenvalue weighted by Crippen LogP contribution is 2.15. The Kier molecular flexibility index (Phi) is 1.97. The molecule has 1 heterocycles. The second-order valence-electron chi connectivity index (χ2n) is 2.82. The quantitative estimate of drug-likeness (QED) is 0.398. The maximum atomic E-state index is 8.61. The van der Waals surface area contributed by atoms with Crippen LogP contribution in [0.3, 0.4) is 0 Å². The summed E-state index contributed by atoms with van der Waals surface area (Å²) in [5, 5.41) is 16.3. The van der Waals surface area contributed by atoms with E-state index in [9.17, 15) is 0 Å². The van der Waals surface area contributed by atoms with Crippen molar-refractivity contribution in [2.45, 2.75) is 6.17 Å². The van der Waals surface area contributed by atoms with Gasteiger partial charge in [-0.3, -0.25) is 5.10 Å². The Balaban J connectivity index is 2.48. The van der Waals surface area contributed by atoms with Crippen molar-refractivity contribution in [2.24, 2.45) is 5.73 Å². The van der Waals surface area contributed by atoms with Crippen molar-refractivity contribution in [2.75, 3.05) is 0 Å². The molecule has 0 saturated carbocycles. The Morgan fingerprint density at radius 3 is 3.15 bits per heavy atom. The molecule has 2 rings (SSSR count). The van der Waals surface area contributed by atoms with E-state index in [2.05, 4.69) is 10.2 Å². The van der Waals surface area contributed by atoms with E-state index < -0.39 is 6.17 Å². The Labute approximate surface area is 74.5 Å². The number of nitrogens with zero attached hydrogens (tertiary/aromatic N) is 1. The second-order valence-corrected chi connectivity index (χ2v) is 2.82. The highest BCUT2D eigenvalue weighted by molar-refractivity contribution is 5.78. The van der Waals surface area contributed by atoms with Crippen LogP contribution in [-0.2, 0) is 0 Å². The summed E-state index contributed by atoms with van der Waals surface area (Å²) in [7, 11) is 0. The van der Waals surface area contributed by atoms with Crippen LogP contribution >= 0.6 is 0 Å². The summed E-state index contributed by atoms with van der Waals surface area (Å²) < 4.78 is 0. The zero-order valence-electron chi connectivity index (χ0n) is 6.86. The molecule has 0 saturated heterocycles. The third-order valence-corrected chi connectivity index (χ3v) is 1.96. The predicted octanol–water partition coefficient (Wildman–Crippen LogP) is 0.499. The van der Waals surface area contributed by atoms with E-state index in [4.69, 9.17) is 10.9 Å². The van der Waals surface area contributed by atoms with Crippen LogP contribution in [0.25, 0.3) is 10.9 Å². The summed E-state index contributed by atoms with van der Waals surface area (Å²) in [5.74, 6) is 0. The number of hydroxylamine groups is 1. The SMILES string of the molecule is NC(NO)c1ccc2[nH]ncc2c1. The van der Waals surface area contributed by atoms with Gasteiger partial charge in [0.15, 0.2) is 0 Å². The molecule has 0 bridgehead atoms. The van der Waals surface area contributed by atoms with Crippen LogP contribution in [0.4, 0.5) is 0 Å². The fourth-order valence-electron chi connectivity index (χ4n) is 1.23. The molecule has 0 spiro atoms. The maximum Gasteiger partial charge on any atom is 0.104 e. The molecule has 2 aromatic rings. The molecule has 0 amide bonds. The number of benzene rings is 1. The van der Waals surface area contributed by atoms with E-state index in [1.54, 1.807) is 6.20 Å². The molecule has 5 N–H and O–H groups in total. The Hall–Kier alpha value is -1.43. The topological polar surface area (TPSA) is 87.0 Å². The molecule has 0 fully saturated rings. The van der Waals surface area contributed by atoms with E-state index in [-0.39, 0.29) is 0 Å². The number of hydrogen-bond donors (Lipinski definition) is 4. The highest BCUT2D eigenvalue weighted by Gasteiger charge is 2.04. The molecule has 1 aromatic heterocycles. The van der Waals surface area contributed by atoms with Gasteiger partial charge in [0.05, 0.1) is 11.7 Å². The predicted molar refractivity (Wildman–Crippen MR) is 47.9 cm³/mol. The molecule has 0 radical (unpaired) electrons. The summed E-state index contributed by atoms with van der Waals surface area (Å²) >= 11 is 0. The van der Waals surface area contributed by atoms with Crippen LogP contribution in [0.15, 0.2) is 24.4 Å². The van der Waals surface area contributed by atoms with Crippen molar-refractivity contribution in [3.63, 3.8) is 0 Å². The van der Waals surface area contributed by atoms with Crippen LogP contribution in [0, 0.1) is 0 Å². The van der Waals surface area contributed by atoms with E-state index in [1.165, 1.54) is 0 Å². The largest absolute Gasteiger partial charge is 0.315 e. The number of fused-ring (bicyclic) bond motifs is 1. The van der Waals surface area contributed by atoms with Gasteiger partial charge in [-0.25, -0.2) is 0 Å². The van der Waals surface area contributed by atoms with Gasteiger partial charge in [-0.15, -0.1) is 0 Å². The molecular weight excluding hydrogens is 168 g/mol. The first-order chi connectivity index (χ1) is 6.31. The molecule has 0 aliphatic heterocycles. The summed E-state index contributed by atoms with van der Waals surface area (Å²) in [4.78, 5) is 0. The molecule has 1 aromatic carbocycles. The summed E-state index contributed by atoms with van der Waals surface area (Å²) in [5.41, 5.74) is 9.32. The van der Waals surface area contributed by atoms with Crippen molar-refractivity contribution in [1.29, 1.82) is 0 Å². The molecule has 1 atom stereocenters. The fourth-order valence-corrected chi connectivity index (χ4v) is 1.23. The van der Waals surface area contributed by atoms with Crippen molar-refractivity contribution in [3.8, 4) is 0 Å². The van der Waals surface area contributed by atoms with Crippen molar-refractivity contribution in [1.82, 2.24) is 15.7 Å². The van der Waals surface area contributed by atoms with Gasteiger partial charge in [0, 0.05) is 5.39 Å². The van der Waals surface area contributed by atoms with Crippen LogP contribution in [0.5, 0.6) is 0 Å². The minimum absolute atomic E-state index is 0.556. The number of aromatic amines is 1. The number of hydrogen-bond acceptors (Lipinski definition) is 4. The normalized spacial score (nSPS) is 13.4. The molecule has 0 aliphatic rings. The van der Waals surface area contributed by atoms with Gasteiger partial charge >= 0.3 is 0 Å². The van der Waals surface area contributed by atoms with E-state index in [0.717, 1.165) is 16.5 Å². The van der Waals surface area contributed by atoms with Crippen molar-refractivity contribution in [3.05, 3.63) is 30.0 Å². The van der Waals surface area contributed by atoms with Crippen LogP contribution in [0.2, 0.25) is 0 Å². The molecule has 13 heavy (non-hydrogen) atoms.